The van der Waals surface area contributed by atoms with Gasteiger partial charge in [0.05, 0.1) is 23.8 Å². The maximum atomic E-state index is 12.3. The third-order valence-electron chi connectivity index (χ3n) is 7.31. The Bertz CT molecular complexity index is 1320. The van der Waals surface area contributed by atoms with Crippen LogP contribution in [0, 0.1) is 0 Å². The zero-order valence-corrected chi connectivity index (χ0v) is 22.1. The lowest BCUT2D eigenvalue weighted by Crippen LogP contribution is -2.60. The summed E-state index contributed by atoms with van der Waals surface area (Å²) in [5.41, 5.74) is 3.56. The van der Waals surface area contributed by atoms with Crippen LogP contribution in [0.25, 0.3) is 0 Å². The van der Waals surface area contributed by atoms with Crippen molar-refractivity contribution in [3.63, 3.8) is 0 Å². The molecular formula is C28H29Cl2N5O2. The Morgan fingerprint density at radius 2 is 2.03 bits per heavy atom. The number of nitrogens with zero attached hydrogens (tertiary/aromatic N) is 4. The molecule has 3 unspecified atom stereocenters. The van der Waals surface area contributed by atoms with Gasteiger partial charge in [-0.3, -0.25) is 14.8 Å². The van der Waals surface area contributed by atoms with Crippen LogP contribution in [-0.2, 0) is 10.2 Å². The van der Waals surface area contributed by atoms with Crippen LogP contribution in [-0.4, -0.2) is 58.7 Å². The molecule has 1 saturated heterocycles. The molecule has 7 nitrogen and oxygen atoms in total. The number of aliphatic imine (C=N–C) groups is 1. The maximum absolute atomic E-state index is 12.3. The first-order chi connectivity index (χ1) is 17.9. The van der Waals surface area contributed by atoms with Crippen LogP contribution in [0.1, 0.15) is 36.8 Å². The molecular weight excluding hydrogens is 509 g/mol. The fraction of sp³-hybridized carbons (Fsp3) is 0.321. The highest BCUT2D eigenvalue weighted by Gasteiger charge is 2.56. The molecule has 2 aromatic carbocycles. The number of carbonyl (C=O) groups excluding carboxylic acids is 1. The van der Waals surface area contributed by atoms with Crippen LogP contribution in [0.4, 0.5) is 5.69 Å². The largest absolute Gasteiger partial charge is 0.395 e. The number of amides is 1. The fourth-order valence-electron chi connectivity index (χ4n) is 5.67. The standard InChI is InChI=1S/C28H29Cl2N5O2/c1-3-18(2)27-28(17-32-24-14-21(30)7-8-22(24)28)23(19-5-4-6-20(29)13-19)15-25-33-34(10-11-35(25)27)16-26(37)31-9-12-36/h4-8,10-11,13-14,17,23,27,36H,2-3,9,12,15-16H2,1H3,(H,31,37). The van der Waals surface area contributed by atoms with Crippen molar-refractivity contribution < 1.29 is 9.90 Å². The van der Waals surface area contributed by atoms with E-state index in [-0.39, 0.29) is 37.6 Å². The SMILES string of the molecule is C=C(CC)C1N2C=CN(CC(=O)NCCO)N=C2CC(c2cccc(Cl)c2)C12C=Nc1cc(Cl)ccc12. The average Bonchev–Trinajstić information content (AvgIpc) is 3.25. The fourth-order valence-corrected chi connectivity index (χ4v) is 6.04. The smallest absolute Gasteiger partial charge is 0.241 e. The lowest BCUT2D eigenvalue weighted by atomic mass is 9.59. The minimum Gasteiger partial charge on any atom is -0.395 e. The number of hydrogen-bond acceptors (Lipinski definition) is 6. The lowest BCUT2D eigenvalue weighted by molar-refractivity contribution is -0.121. The summed E-state index contributed by atoms with van der Waals surface area (Å²) < 4.78 is 0. The number of hydrazone groups is 1. The topological polar surface area (TPSA) is 80.5 Å². The van der Waals surface area contributed by atoms with Gasteiger partial charge in [-0.1, -0.05) is 60.5 Å². The molecule has 3 heterocycles. The van der Waals surface area contributed by atoms with Crippen LogP contribution in [0.2, 0.25) is 10.0 Å². The number of piperidine rings is 1. The highest BCUT2D eigenvalue weighted by Crippen LogP contribution is 2.56. The molecule has 3 aliphatic heterocycles. The number of nitrogens with one attached hydrogen (secondary N) is 1. The summed E-state index contributed by atoms with van der Waals surface area (Å²) in [6.45, 7) is 6.76. The summed E-state index contributed by atoms with van der Waals surface area (Å²) in [4.78, 5) is 19.3. The molecule has 3 atom stereocenters. The van der Waals surface area contributed by atoms with Crippen molar-refractivity contribution in [2.75, 3.05) is 19.7 Å². The summed E-state index contributed by atoms with van der Waals surface area (Å²) in [6.07, 6.45) is 7.22. The van der Waals surface area contributed by atoms with Gasteiger partial charge in [-0.2, -0.15) is 5.10 Å². The Morgan fingerprint density at radius 3 is 2.78 bits per heavy atom. The zero-order chi connectivity index (χ0) is 26.2. The van der Waals surface area contributed by atoms with Crippen molar-refractivity contribution >= 4 is 46.8 Å². The number of aliphatic hydroxyl groups is 1. The second-order valence-corrected chi connectivity index (χ2v) is 10.3. The van der Waals surface area contributed by atoms with E-state index in [1.807, 2.05) is 36.5 Å². The van der Waals surface area contributed by atoms with Crippen molar-refractivity contribution in [1.82, 2.24) is 15.2 Å². The van der Waals surface area contributed by atoms with Crippen LogP contribution in [0.3, 0.4) is 0 Å². The summed E-state index contributed by atoms with van der Waals surface area (Å²) in [7, 11) is 0. The zero-order valence-electron chi connectivity index (χ0n) is 20.6. The number of carbonyl (C=O) groups is 1. The predicted octanol–water partition coefficient (Wildman–Crippen LogP) is 4.98. The molecule has 1 spiro atoms. The quantitative estimate of drug-likeness (QED) is 0.488. The minimum absolute atomic E-state index is 0.0442. The van der Waals surface area contributed by atoms with E-state index in [1.54, 1.807) is 11.2 Å². The van der Waals surface area contributed by atoms with Gasteiger partial charge in [0.2, 0.25) is 5.91 Å². The Kier molecular flexibility index (Phi) is 7.12. The van der Waals surface area contributed by atoms with Gasteiger partial charge in [-0.25, -0.2) is 0 Å². The van der Waals surface area contributed by atoms with Crippen molar-refractivity contribution in [2.24, 2.45) is 10.1 Å². The lowest BCUT2D eigenvalue weighted by Gasteiger charge is -2.53. The number of benzene rings is 2. The van der Waals surface area contributed by atoms with Gasteiger partial charge in [0.25, 0.3) is 0 Å². The van der Waals surface area contributed by atoms with Gasteiger partial charge >= 0.3 is 0 Å². The van der Waals surface area contributed by atoms with E-state index >= 15 is 0 Å². The molecule has 0 saturated carbocycles. The average molecular weight is 538 g/mol. The number of halogens is 2. The monoisotopic (exact) mass is 537 g/mol. The van der Waals surface area contributed by atoms with E-state index in [9.17, 15) is 4.79 Å². The Hall–Kier alpha value is -3.13. The van der Waals surface area contributed by atoms with Crippen molar-refractivity contribution in [3.05, 3.63) is 88.2 Å². The highest BCUT2D eigenvalue weighted by atomic mass is 35.5. The molecule has 0 aromatic heterocycles. The normalized spacial score (nSPS) is 23.6. The number of amidine groups is 1. The molecule has 192 valence electrons. The van der Waals surface area contributed by atoms with Crippen molar-refractivity contribution in [3.8, 4) is 0 Å². The number of aliphatic hydroxyl groups excluding tert-OH is 1. The first kappa shape index (κ1) is 25.5. The van der Waals surface area contributed by atoms with Gasteiger partial charge < -0.3 is 15.3 Å². The number of hydrogen-bond donors (Lipinski definition) is 2. The van der Waals surface area contributed by atoms with E-state index in [2.05, 4.69) is 42.1 Å². The Balaban J connectivity index is 1.63. The maximum Gasteiger partial charge on any atom is 0.241 e. The third-order valence-corrected chi connectivity index (χ3v) is 7.78. The van der Waals surface area contributed by atoms with E-state index in [0.29, 0.717) is 16.5 Å². The second kappa shape index (κ2) is 10.3. The minimum atomic E-state index is -0.526. The van der Waals surface area contributed by atoms with Crippen LogP contribution in [0.15, 0.2) is 77.1 Å². The summed E-state index contributed by atoms with van der Waals surface area (Å²) >= 11 is 12.8. The highest BCUT2D eigenvalue weighted by molar-refractivity contribution is 6.31. The molecule has 9 heteroatoms. The molecule has 5 rings (SSSR count). The molecule has 1 amide bonds. The number of rotatable bonds is 7. The predicted molar refractivity (Wildman–Crippen MR) is 149 cm³/mol. The molecule has 0 bridgehead atoms. The number of fused-ring (bicyclic) bond motifs is 3. The van der Waals surface area contributed by atoms with Gasteiger partial charge in [0, 0.05) is 47.5 Å². The van der Waals surface area contributed by atoms with Crippen LogP contribution < -0.4 is 5.32 Å². The Morgan fingerprint density at radius 1 is 1.22 bits per heavy atom. The van der Waals surface area contributed by atoms with Gasteiger partial charge in [0.1, 0.15) is 12.4 Å². The molecule has 3 aliphatic rings. The van der Waals surface area contributed by atoms with Crippen molar-refractivity contribution in [1.29, 1.82) is 0 Å². The molecule has 2 aromatic rings. The van der Waals surface area contributed by atoms with E-state index in [0.717, 1.165) is 34.6 Å². The van der Waals surface area contributed by atoms with E-state index in [4.69, 9.17) is 38.4 Å². The summed E-state index contributed by atoms with van der Waals surface area (Å²) in [5, 5.41) is 19.5. The van der Waals surface area contributed by atoms with Crippen LogP contribution >= 0.6 is 23.2 Å². The van der Waals surface area contributed by atoms with Gasteiger partial charge in [0.15, 0.2) is 0 Å². The summed E-state index contributed by atoms with van der Waals surface area (Å²) in [5.74, 6) is 0.583. The molecule has 1 fully saturated rings. The first-order valence-corrected chi connectivity index (χ1v) is 13.1. The first-order valence-electron chi connectivity index (χ1n) is 12.3. The molecule has 2 N–H and O–H groups in total. The van der Waals surface area contributed by atoms with E-state index in [1.165, 1.54) is 0 Å². The third kappa shape index (κ3) is 4.56. The van der Waals surface area contributed by atoms with Gasteiger partial charge in [-0.15, -0.1) is 0 Å². The van der Waals surface area contributed by atoms with Crippen molar-refractivity contribution in [2.45, 2.75) is 37.1 Å². The molecule has 37 heavy (non-hydrogen) atoms. The van der Waals surface area contributed by atoms with Crippen LogP contribution in [0.5, 0.6) is 0 Å². The Labute approximate surface area is 226 Å². The van der Waals surface area contributed by atoms with Gasteiger partial charge in [-0.05, 0) is 41.8 Å². The second-order valence-electron chi connectivity index (χ2n) is 9.47. The molecule has 0 radical (unpaired) electrons. The molecule has 0 aliphatic carbocycles. The van der Waals surface area contributed by atoms with E-state index < -0.39 is 5.41 Å². The summed E-state index contributed by atoms with van der Waals surface area (Å²) in [6, 6.07) is 13.7.